The lowest BCUT2D eigenvalue weighted by molar-refractivity contribution is 0.0398. The van der Waals surface area contributed by atoms with Gasteiger partial charge in [-0.3, -0.25) is 4.90 Å². The van der Waals surface area contributed by atoms with Crippen LogP contribution in [0, 0.1) is 0 Å². The quantitative estimate of drug-likeness (QED) is 0.672. The van der Waals surface area contributed by atoms with E-state index in [-0.39, 0.29) is 35.6 Å². The van der Waals surface area contributed by atoms with Crippen molar-refractivity contribution in [2.24, 2.45) is 0 Å². The highest BCUT2D eigenvalue weighted by Gasteiger charge is 2.25. The number of piperidine rings is 1. The Labute approximate surface area is 173 Å². The molecule has 0 aliphatic carbocycles. The summed E-state index contributed by atoms with van der Waals surface area (Å²) in [5.41, 5.74) is 0.638. The molecule has 0 radical (unpaired) electrons. The second kappa shape index (κ2) is 11.3. The molecule has 0 spiro atoms. The SMILES string of the molecule is CS(=O)(=O)c1cnc(NCCN2CCOCC2)nc1C1CCCNC1.Cl.Cl. The second-order valence-electron chi connectivity index (χ2n) is 6.64. The Bertz CT molecular complexity index is 681. The van der Waals surface area contributed by atoms with Gasteiger partial charge in [0.1, 0.15) is 4.90 Å². The lowest BCUT2D eigenvalue weighted by atomic mass is 9.96. The normalized spacial score (nSPS) is 21.0. The number of anilines is 1. The predicted octanol–water partition coefficient (Wildman–Crippen LogP) is 0.935. The molecule has 0 amide bonds. The predicted molar refractivity (Wildman–Crippen MR) is 110 cm³/mol. The third kappa shape index (κ3) is 6.99. The Kier molecular flexibility index (Phi) is 10.2. The van der Waals surface area contributed by atoms with Gasteiger partial charge < -0.3 is 15.4 Å². The largest absolute Gasteiger partial charge is 0.379 e. The number of rotatable bonds is 6. The fourth-order valence-electron chi connectivity index (χ4n) is 3.28. The molecule has 156 valence electrons. The molecule has 2 saturated heterocycles. The minimum atomic E-state index is -3.34. The Morgan fingerprint density at radius 2 is 2.07 bits per heavy atom. The maximum Gasteiger partial charge on any atom is 0.222 e. The van der Waals surface area contributed by atoms with Crippen LogP contribution in [0.1, 0.15) is 24.5 Å². The van der Waals surface area contributed by atoms with Crippen molar-refractivity contribution >= 4 is 40.6 Å². The van der Waals surface area contributed by atoms with Crippen LogP contribution in [-0.4, -0.2) is 82.0 Å². The van der Waals surface area contributed by atoms with Crippen molar-refractivity contribution < 1.29 is 13.2 Å². The van der Waals surface area contributed by atoms with E-state index in [2.05, 4.69) is 25.5 Å². The first-order valence-corrected chi connectivity index (χ1v) is 10.7. The summed E-state index contributed by atoms with van der Waals surface area (Å²) in [6, 6.07) is 0. The molecule has 3 rings (SSSR count). The highest BCUT2D eigenvalue weighted by molar-refractivity contribution is 7.90. The summed E-state index contributed by atoms with van der Waals surface area (Å²) in [7, 11) is -3.34. The molecule has 1 aromatic rings. The van der Waals surface area contributed by atoms with Crippen LogP contribution >= 0.6 is 24.8 Å². The molecular weight excluding hydrogens is 413 g/mol. The van der Waals surface area contributed by atoms with Gasteiger partial charge in [0.15, 0.2) is 9.84 Å². The van der Waals surface area contributed by atoms with Gasteiger partial charge >= 0.3 is 0 Å². The number of aromatic nitrogens is 2. The van der Waals surface area contributed by atoms with Crippen LogP contribution in [0.5, 0.6) is 0 Å². The van der Waals surface area contributed by atoms with Gasteiger partial charge in [0.25, 0.3) is 0 Å². The van der Waals surface area contributed by atoms with E-state index in [9.17, 15) is 8.42 Å². The molecule has 1 unspecified atom stereocenters. The van der Waals surface area contributed by atoms with Gasteiger partial charge in [-0.05, 0) is 19.4 Å². The summed E-state index contributed by atoms with van der Waals surface area (Å²) in [4.78, 5) is 11.4. The van der Waals surface area contributed by atoms with Crippen molar-refractivity contribution in [2.45, 2.75) is 23.7 Å². The summed E-state index contributed by atoms with van der Waals surface area (Å²) in [6.07, 6.45) is 4.64. The molecule has 1 aromatic heterocycles. The summed E-state index contributed by atoms with van der Waals surface area (Å²) < 4.78 is 29.5. The number of halogens is 2. The van der Waals surface area contributed by atoms with Gasteiger partial charge in [0.05, 0.1) is 25.1 Å². The number of hydrogen-bond donors (Lipinski definition) is 2. The molecule has 2 aliphatic rings. The molecule has 27 heavy (non-hydrogen) atoms. The monoisotopic (exact) mass is 441 g/mol. The Morgan fingerprint density at radius 3 is 2.70 bits per heavy atom. The lowest BCUT2D eigenvalue weighted by Crippen LogP contribution is -2.39. The van der Waals surface area contributed by atoms with Crippen molar-refractivity contribution in [3.8, 4) is 0 Å². The summed E-state index contributed by atoms with van der Waals surface area (Å²) in [5, 5.41) is 6.55. The molecule has 0 aromatic carbocycles. The number of ether oxygens (including phenoxy) is 1. The number of nitrogens with zero attached hydrogens (tertiary/aromatic N) is 3. The maximum absolute atomic E-state index is 12.1. The van der Waals surface area contributed by atoms with E-state index in [0.29, 0.717) is 11.6 Å². The van der Waals surface area contributed by atoms with Crippen molar-refractivity contribution in [1.82, 2.24) is 20.2 Å². The number of sulfone groups is 1. The third-order valence-corrected chi connectivity index (χ3v) is 5.79. The Balaban J connectivity index is 0.00000182. The maximum atomic E-state index is 12.1. The molecule has 3 heterocycles. The lowest BCUT2D eigenvalue weighted by Gasteiger charge is -2.26. The van der Waals surface area contributed by atoms with Crippen LogP contribution in [0.4, 0.5) is 5.95 Å². The average Bonchev–Trinajstić information content (AvgIpc) is 2.62. The zero-order chi connectivity index (χ0) is 17.7. The standard InChI is InChI=1S/C16H27N5O3S.2ClH/c1-25(22,23)14-12-19-16(18-5-6-21-7-9-24-10-8-21)20-15(14)13-3-2-4-17-11-13;;/h12-13,17H,2-11H2,1H3,(H,18,19,20);2*1H. The molecular formula is C16H29Cl2N5O3S. The first-order chi connectivity index (χ1) is 12.0. The summed E-state index contributed by atoms with van der Waals surface area (Å²) in [6.45, 7) is 6.77. The van der Waals surface area contributed by atoms with E-state index in [0.717, 1.165) is 65.3 Å². The van der Waals surface area contributed by atoms with Crippen molar-refractivity contribution in [3.63, 3.8) is 0 Å². The number of nitrogens with one attached hydrogen (secondary N) is 2. The van der Waals surface area contributed by atoms with E-state index < -0.39 is 9.84 Å². The van der Waals surface area contributed by atoms with E-state index in [4.69, 9.17) is 4.74 Å². The van der Waals surface area contributed by atoms with Crippen LogP contribution in [0.3, 0.4) is 0 Å². The fourth-order valence-corrected chi connectivity index (χ4v) is 4.12. The molecule has 2 aliphatic heterocycles. The van der Waals surface area contributed by atoms with Crippen LogP contribution < -0.4 is 10.6 Å². The van der Waals surface area contributed by atoms with Gasteiger partial charge in [-0.1, -0.05) is 0 Å². The molecule has 2 N–H and O–H groups in total. The van der Waals surface area contributed by atoms with Crippen molar-refractivity contribution in [3.05, 3.63) is 11.9 Å². The minimum absolute atomic E-state index is 0. The highest BCUT2D eigenvalue weighted by Crippen LogP contribution is 2.27. The first-order valence-electron chi connectivity index (χ1n) is 8.86. The molecule has 0 bridgehead atoms. The first kappa shape index (κ1) is 24.3. The van der Waals surface area contributed by atoms with E-state index >= 15 is 0 Å². The van der Waals surface area contributed by atoms with Crippen molar-refractivity contribution in [1.29, 1.82) is 0 Å². The fraction of sp³-hybridized carbons (Fsp3) is 0.750. The van der Waals surface area contributed by atoms with Gasteiger partial charge in [-0.15, -0.1) is 24.8 Å². The van der Waals surface area contributed by atoms with Crippen LogP contribution in [0.25, 0.3) is 0 Å². The zero-order valence-corrected chi connectivity index (χ0v) is 18.0. The molecule has 11 heteroatoms. The third-order valence-electron chi connectivity index (χ3n) is 4.68. The molecule has 2 fully saturated rings. The van der Waals surface area contributed by atoms with Gasteiger partial charge in [-0.25, -0.2) is 18.4 Å². The number of hydrogen-bond acceptors (Lipinski definition) is 8. The van der Waals surface area contributed by atoms with Crippen molar-refractivity contribution in [2.75, 3.05) is 64.1 Å². The van der Waals surface area contributed by atoms with Crippen LogP contribution in [-0.2, 0) is 14.6 Å². The Hall–Kier alpha value is -0.710. The van der Waals surface area contributed by atoms with E-state index in [1.54, 1.807) is 0 Å². The van der Waals surface area contributed by atoms with Gasteiger partial charge in [0, 0.05) is 44.9 Å². The van der Waals surface area contributed by atoms with Crippen LogP contribution in [0.2, 0.25) is 0 Å². The zero-order valence-electron chi connectivity index (χ0n) is 15.5. The summed E-state index contributed by atoms with van der Waals surface area (Å²) >= 11 is 0. The minimum Gasteiger partial charge on any atom is -0.379 e. The van der Waals surface area contributed by atoms with E-state index in [1.807, 2.05) is 0 Å². The van der Waals surface area contributed by atoms with Crippen LogP contribution in [0.15, 0.2) is 11.1 Å². The molecule has 1 atom stereocenters. The summed E-state index contributed by atoms with van der Waals surface area (Å²) in [5.74, 6) is 0.613. The smallest absolute Gasteiger partial charge is 0.222 e. The number of morpholine rings is 1. The van der Waals surface area contributed by atoms with E-state index in [1.165, 1.54) is 12.5 Å². The van der Waals surface area contributed by atoms with Gasteiger partial charge in [-0.2, -0.15) is 0 Å². The molecule has 0 saturated carbocycles. The average molecular weight is 442 g/mol. The second-order valence-corrected chi connectivity index (χ2v) is 8.62. The Morgan fingerprint density at radius 1 is 1.33 bits per heavy atom. The van der Waals surface area contributed by atoms with Gasteiger partial charge in [0.2, 0.25) is 5.95 Å². The highest BCUT2D eigenvalue weighted by atomic mass is 35.5. The molecule has 8 nitrogen and oxygen atoms in total. The topological polar surface area (TPSA) is 96.5 Å².